The van der Waals surface area contributed by atoms with Gasteiger partial charge in [-0.15, -0.1) is 11.3 Å². The van der Waals surface area contributed by atoms with Crippen molar-refractivity contribution in [3.63, 3.8) is 0 Å². The van der Waals surface area contributed by atoms with E-state index in [0.717, 1.165) is 51.4 Å². The minimum atomic E-state index is -0.380. The van der Waals surface area contributed by atoms with Gasteiger partial charge in [-0.25, -0.2) is 4.39 Å². The summed E-state index contributed by atoms with van der Waals surface area (Å²) in [6.07, 6.45) is 1.12. The first-order valence-electron chi connectivity index (χ1n) is 8.96. The summed E-state index contributed by atoms with van der Waals surface area (Å²) in [5.74, 6) is -0.380. The first-order valence-corrected chi connectivity index (χ1v) is 9.84. The van der Waals surface area contributed by atoms with Crippen molar-refractivity contribution in [1.82, 2.24) is 14.8 Å². The largest absolute Gasteiger partial charge is 0.357 e. The standard InChI is InChI=1S/C20H22FN3OS/c21-15-4-5-19-18(11-15)20(25)12-16(22-19)13-23-6-2-7-24(9-8-23)14-17-3-1-10-26-17/h1,3-5,10-12H,2,6-9,13-14H2,(H,22,25). The van der Waals surface area contributed by atoms with Crippen molar-refractivity contribution in [2.45, 2.75) is 19.5 Å². The molecule has 1 saturated heterocycles. The maximum Gasteiger partial charge on any atom is 0.189 e. The fourth-order valence-electron chi connectivity index (χ4n) is 3.56. The summed E-state index contributed by atoms with van der Waals surface area (Å²) in [6.45, 7) is 5.86. The average Bonchev–Trinajstić information content (AvgIpc) is 3.03. The van der Waals surface area contributed by atoms with Crippen molar-refractivity contribution in [3.05, 3.63) is 68.4 Å². The number of nitrogens with zero attached hydrogens (tertiary/aromatic N) is 2. The fourth-order valence-corrected chi connectivity index (χ4v) is 4.31. The van der Waals surface area contributed by atoms with Crippen molar-refractivity contribution >= 4 is 22.2 Å². The van der Waals surface area contributed by atoms with E-state index in [1.807, 2.05) is 11.3 Å². The number of rotatable bonds is 4. The smallest absolute Gasteiger partial charge is 0.189 e. The number of hydrogen-bond acceptors (Lipinski definition) is 4. The second-order valence-electron chi connectivity index (χ2n) is 6.83. The van der Waals surface area contributed by atoms with E-state index in [-0.39, 0.29) is 11.2 Å². The van der Waals surface area contributed by atoms with Gasteiger partial charge in [0.25, 0.3) is 0 Å². The molecule has 3 aromatic rings. The van der Waals surface area contributed by atoms with E-state index in [2.05, 4.69) is 32.3 Å². The molecule has 26 heavy (non-hydrogen) atoms. The number of nitrogens with one attached hydrogen (secondary N) is 1. The summed E-state index contributed by atoms with van der Waals surface area (Å²) >= 11 is 1.81. The lowest BCUT2D eigenvalue weighted by molar-refractivity contribution is 0.247. The number of thiophene rings is 1. The molecule has 0 aliphatic carbocycles. The second-order valence-corrected chi connectivity index (χ2v) is 7.87. The van der Waals surface area contributed by atoms with E-state index in [1.165, 1.54) is 17.0 Å². The van der Waals surface area contributed by atoms with Crippen molar-refractivity contribution in [1.29, 1.82) is 0 Å². The number of fused-ring (bicyclic) bond motifs is 1. The minimum Gasteiger partial charge on any atom is -0.357 e. The van der Waals surface area contributed by atoms with Crippen molar-refractivity contribution in [3.8, 4) is 0 Å². The van der Waals surface area contributed by atoms with Crippen molar-refractivity contribution < 1.29 is 4.39 Å². The first kappa shape index (κ1) is 17.4. The Morgan fingerprint density at radius 3 is 2.62 bits per heavy atom. The molecule has 0 radical (unpaired) electrons. The summed E-state index contributed by atoms with van der Waals surface area (Å²) in [7, 11) is 0. The van der Waals surface area contributed by atoms with Crippen LogP contribution in [0.5, 0.6) is 0 Å². The van der Waals surface area contributed by atoms with Crippen LogP contribution in [0, 0.1) is 5.82 Å². The summed E-state index contributed by atoms with van der Waals surface area (Å²) in [4.78, 5) is 21.9. The lowest BCUT2D eigenvalue weighted by Gasteiger charge is -2.21. The zero-order valence-electron chi connectivity index (χ0n) is 14.6. The molecule has 4 rings (SSSR count). The Hall–Kier alpha value is -2.02. The SMILES string of the molecule is O=c1cc(CN2CCCN(Cc3cccs3)CC2)[nH]c2ccc(F)cc12. The Balaban J connectivity index is 1.43. The zero-order valence-corrected chi connectivity index (χ0v) is 15.4. The van der Waals surface area contributed by atoms with Crippen LogP contribution in [0.15, 0.2) is 46.6 Å². The molecule has 0 atom stereocenters. The second kappa shape index (κ2) is 7.70. The third-order valence-electron chi connectivity index (χ3n) is 4.88. The van der Waals surface area contributed by atoms with Crippen LogP contribution in [0.4, 0.5) is 4.39 Å². The Kier molecular flexibility index (Phi) is 5.15. The molecule has 1 aliphatic heterocycles. The lowest BCUT2D eigenvalue weighted by atomic mass is 10.2. The highest BCUT2D eigenvalue weighted by Gasteiger charge is 2.16. The molecule has 4 nitrogen and oxygen atoms in total. The molecule has 0 bridgehead atoms. The quantitative estimate of drug-likeness (QED) is 0.764. The molecular weight excluding hydrogens is 349 g/mol. The predicted octanol–water partition coefficient (Wildman–Crippen LogP) is 3.44. The number of H-pyrrole nitrogens is 1. The number of aromatic nitrogens is 1. The van der Waals surface area contributed by atoms with Gasteiger partial charge in [-0.1, -0.05) is 6.07 Å². The van der Waals surface area contributed by atoms with Gasteiger partial charge in [0.2, 0.25) is 0 Å². The summed E-state index contributed by atoms with van der Waals surface area (Å²) in [5.41, 5.74) is 1.46. The van der Waals surface area contributed by atoms with Gasteiger partial charge in [0.1, 0.15) is 5.82 Å². The molecular formula is C20H22FN3OS. The zero-order chi connectivity index (χ0) is 17.9. The highest BCUT2D eigenvalue weighted by atomic mass is 32.1. The Morgan fingerprint density at radius 1 is 1.04 bits per heavy atom. The lowest BCUT2D eigenvalue weighted by Crippen LogP contribution is -2.30. The molecule has 0 amide bonds. The van der Waals surface area contributed by atoms with Gasteiger partial charge in [0, 0.05) is 53.7 Å². The maximum atomic E-state index is 13.3. The monoisotopic (exact) mass is 371 g/mol. The van der Waals surface area contributed by atoms with E-state index >= 15 is 0 Å². The Morgan fingerprint density at radius 2 is 1.85 bits per heavy atom. The van der Waals surface area contributed by atoms with Gasteiger partial charge in [-0.3, -0.25) is 14.6 Å². The van der Waals surface area contributed by atoms with Gasteiger partial charge < -0.3 is 4.98 Å². The third kappa shape index (κ3) is 4.03. The van der Waals surface area contributed by atoms with E-state index in [0.29, 0.717) is 10.9 Å². The molecule has 1 aromatic carbocycles. The summed E-state index contributed by atoms with van der Waals surface area (Å²) < 4.78 is 13.3. The van der Waals surface area contributed by atoms with Crippen LogP contribution in [0.2, 0.25) is 0 Å². The summed E-state index contributed by atoms with van der Waals surface area (Å²) in [5, 5.41) is 2.54. The predicted molar refractivity (Wildman–Crippen MR) is 104 cm³/mol. The normalized spacial score (nSPS) is 16.8. The number of pyridine rings is 1. The Bertz CT molecular complexity index is 938. The van der Waals surface area contributed by atoms with Gasteiger partial charge in [-0.05, 0) is 49.2 Å². The van der Waals surface area contributed by atoms with Crippen molar-refractivity contribution in [2.75, 3.05) is 26.2 Å². The number of halogens is 1. The average molecular weight is 371 g/mol. The highest BCUT2D eigenvalue weighted by molar-refractivity contribution is 7.09. The fraction of sp³-hybridized carbons (Fsp3) is 0.350. The van der Waals surface area contributed by atoms with Gasteiger partial charge in [0.15, 0.2) is 5.43 Å². The van der Waals surface area contributed by atoms with Crippen LogP contribution < -0.4 is 5.43 Å². The molecule has 0 saturated carbocycles. The number of benzene rings is 1. The van der Waals surface area contributed by atoms with E-state index in [1.54, 1.807) is 12.1 Å². The van der Waals surface area contributed by atoms with E-state index < -0.39 is 0 Å². The molecule has 1 fully saturated rings. The molecule has 3 heterocycles. The third-order valence-corrected chi connectivity index (χ3v) is 5.74. The Labute approximate surface area is 155 Å². The van der Waals surface area contributed by atoms with E-state index in [4.69, 9.17) is 0 Å². The van der Waals surface area contributed by atoms with Crippen LogP contribution in [-0.4, -0.2) is 41.0 Å². The first-order chi connectivity index (χ1) is 12.7. The molecule has 0 spiro atoms. The van der Waals surface area contributed by atoms with E-state index in [9.17, 15) is 9.18 Å². The molecule has 1 aliphatic rings. The van der Waals surface area contributed by atoms with Crippen LogP contribution in [0.3, 0.4) is 0 Å². The van der Waals surface area contributed by atoms with Crippen LogP contribution in [0.1, 0.15) is 17.0 Å². The molecule has 2 aromatic heterocycles. The molecule has 6 heteroatoms. The maximum absolute atomic E-state index is 13.3. The van der Waals surface area contributed by atoms with Crippen LogP contribution in [0.25, 0.3) is 10.9 Å². The minimum absolute atomic E-state index is 0.123. The van der Waals surface area contributed by atoms with Crippen LogP contribution >= 0.6 is 11.3 Å². The topological polar surface area (TPSA) is 39.3 Å². The molecule has 0 unspecified atom stereocenters. The van der Waals surface area contributed by atoms with Crippen LogP contribution in [-0.2, 0) is 13.1 Å². The number of aromatic amines is 1. The highest BCUT2D eigenvalue weighted by Crippen LogP contribution is 2.15. The summed E-state index contributed by atoms with van der Waals surface area (Å²) in [6, 6.07) is 10.2. The van der Waals surface area contributed by atoms with Gasteiger partial charge in [-0.2, -0.15) is 0 Å². The number of hydrogen-bond donors (Lipinski definition) is 1. The molecule has 136 valence electrons. The van der Waals surface area contributed by atoms with Gasteiger partial charge >= 0.3 is 0 Å². The molecule has 1 N–H and O–H groups in total. The van der Waals surface area contributed by atoms with Crippen molar-refractivity contribution in [2.24, 2.45) is 0 Å². The van der Waals surface area contributed by atoms with Gasteiger partial charge in [0.05, 0.1) is 0 Å².